The molecule has 0 saturated carbocycles. The van der Waals surface area contributed by atoms with Gasteiger partial charge in [-0.05, 0) is 0 Å². The molecule has 0 aliphatic heterocycles. The van der Waals surface area contributed by atoms with Gasteiger partial charge in [-0.3, -0.25) is 0 Å². The Morgan fingerprint density at radius 1 is 1.73 bits per heavy atom. The fourth-order valence-electron chi connectivity index (χ4n) is 0.523. The number of imide groups is 1. The third kappa shape index (κ3) is 10.9. The van der Waals surface area contributed by atoms with Crippen LogP contribution in [-0.4, -0.2) is 17.3 Å². The molecule has 82 valence electrons. The Morgan fingerprint density at radius 3 is 2.60 bits per heavy atom. The third-order valence-corrected chi connectivity index (χ3v) is 1.16. The van der Waals surface area contributed by atoms with Crippen molar-refractivity contribution in [1.82, 2.24) is 10.3 Å². The van der Waals surface area contributed by atoms with Crippen LogP contribution in [0.5, 0.6) is 0 Å². The maximum Gasteiger partial charge on any atom is 0.0713 e. The molecule has 0 aliphatic carbocycles. The van der Waals surface area contributed by atoms with E-state index in [2.05, 4.69) is 18.0 Å². The molecule has 0 saturated heterocycles. The van der Waals surface area contributed by atoms with Crippen molar-refractivity contribution in [2.24, 2.45) is 0 Å². The first-order valence-corrected chi connectivity index (χ1v) is 3.94. The van der Waals surface area contributed by atoms with Crippen LogP contribution in [0, 0.1) is 19.9 Å². The van der Waals surface area contributed by atoms with E-state index in [4.69, 9.17) is 0 Å². The molecule has 1 rings (SSSR count). The minimum absolute atomic E-state index is 0. The summed E-state index contributed by atoms with van der Waals surface area (Å²) in [5, 5.41) is 1.79. The third-order valence-electron chi connectivity index (χ3n) is 1.16. The molecule has 1 aromatic rings. The quantitative estimate of drug-likeness (QED) is 0.608. The second kappa shape index (κ2) is 11.1. The molecule has 0 fully saturated rings. The van der Waals surface area contributed by atoms with Gasteiger partial charge in [-0.1, -0.05) is 18.8 Å². The van der Waals surface area contributed by atoms with Gasteiger partial charge < -0.3 is 26.8 Å². The van der Waals surface area contributed by atoms with Gasteiger partial charge >= 0.3 is 0 Å². The number of carbonyl (C=O) groups is 1. The summed E-state index contributed by atoms with van der Waals surface area (Å²) in [5.74, 6) is -0.407. The van der Waals surface area contributed by atoms with Gasteiger partial charge in [0, 0.05) is 27.0 Å². The number of hydrogen-bond acceptors (Lipinski definition) is 3. The number of carbonyl (C=O) groups excluding carboxylic acids is 2. The fraction of sp³-hybridized carbons (Fsp3) is 0.200. The largest absolute Gasteiger partial charge is 0.464 e. The zero-order chi connectivity index (χ0) is 10.8. The van der Waals surface area contributed by atoms with E-state index in [-0.39, 0.29) is 27.5 Å². The Bertz CT molecular complexity index is 278. The maximum absolute atomic E-state index is 9.98. The van der Waals surface area contributed by atoms with Crippen LogP contribution in [0.2, 0.25) is 0 Å². The normalized spacial score (nSPS) is 7.60. The van der Waals surface area contributed by atoms with Crippen molar-refractivity contribution in [2.45, 2.75) is 13.3 Å². The van der Waals surface area contributed by atoms with E-state index in [0.29, 0.717) is 0 Å². The van der Waals surface area contributed by atoms with Crippen molar-refractivity contribution >= 4 is 12.3 Å². The summed E-state index contributed by atoms with van der Waals surface area (Å²) in [6.45, 7) is 5.15. The topological polar surface area (TPSA) is 59.1 Å². The van der Waals surface area contributed by atoms with Crippen molar-refractivity contribution in [2.75, 3.05) is 0 Å². The summed E-state index contributed by atoms with van der Waals surface area (Å²) in [5.41, 5.74) is 1.02. The standard InChI is InChI=1S/C6H6N.C4H5NO2.W/c1-6-4-2-3-5-7-6;1-2-4(7)5-3-6;/h3-5H,1H3;1-2H2,(H,5,6,7);/q-1;-2;. The SMILES string of the molecule is Cc1c[c-]ccn1.[CH2-]CC(=O)N[C-]=O.[W]. The van der Waals surface area contributed by atoms with Crippen molar-refractivity contribution in [3.63, 3.8) is 0 Å². The van der Waals surface area contributed by atoms with E-state index >= 15 is 0 Å². The number of aromatic nitrogens is 1. The molecule has 0 aromatic carbocycles. The Labute approximate surface area is 104 Å². The van der Waals surface area contributed by atoms with Crippen molar-refractivity contribution in [3.05, 3.63) is 37.0 Å². The first-order valence-electron chi connectivity index (χ1n) is 3.94. The average molecular weight is 375 g/mol. The summed E-state index contributed by atoms with van der Waals surface area (Å²) in [4.78, 5) is 23.2. The zero-order valence-electron chi connectivity index (χ0n) is 8.32. The Morgan fingerprint density at radius 2 is 2.40 bits per heavy atom. The van der Waals surface area contributed by atoms with Gasteiger partial charge in [0.1, 0.15) is 0 Å². The molecular weight excluding hydrogens is 364 g/mol. The van der Waals surface area contributed by atoms with Crippen LogP contribution in [0.1, 0.15) is 12.1 Å². The second-order valence-electron chi connectivity index (χ2n) is 2.30. The zero-order valence-corrected chi connectivity index (χ0v) is 11.3. The van der Waals surface area contributed by atoms with Crippen LogP contribution < -0.4 is 5.32 Å². The number of nitrogens with zero attached hydrogens (tertiary/aromatic N) is 1. The van der Waals surface area contributed by atoms with Crippen LogP contribution in [0.4, 0.5) is 0 Å². The number of aryl methyl sites for hydroxylation is 1. The fourth-order valence-corrected chi connectivity index (χ4v) is 0.523. The Kier molecular flexibility index (Phi) is 12.1. The van der Waals surface area contributed by atoms with E-state index in [1.807, 2.05) is 13.0 Å². The minimum Gasteiger partial charge on any atom is -0.464 e. The van der Waals surface area contributed by atoms with Gasteiger partial charge in [-0.15, -0.1) is 0 Å². The predicted molar refractivity (Wildman–Crippen MR) is 51.6 cm³/mol. The van der Waals surface area contributed by atoms with Crippen molar-refractivity contribution < 1.29 is 30.7 Å². The molecule has 4 nitrogen and oxygen atoms in total. The van der Waals surface area contributed by atoms with Crippen LogP contribution in [0.15, 0.2) is 18.3 Å². The van der Waals surface area contributed by atoms with Gasteiger partial charge in [-0.25, -0.2) is 0 Å². The van der Waals surface area contributed by atoms with E-state index in [9.17, 15) is 9.59 Å². The van der Waals surface area contributed by atoms with Gasteiger partial charge in [0.25, 0.3) is 0 Å². The van der Waals surface area contributed by atoms with E-state index in [1.54, 1.807) is 17.6 Å². The molecule has 0 radical (unpaired) electrons. The molecule has 0 spiro atoms. The summed E-state index contributed by atoms with van der Waals surface area (Å²) in [6, 6.07) is 6.53. The second-order valence-corrected chi connectivity index (χ2v) is 2.30. The Balaban J connectivity index is 0. The molecule has 0 unspecified atom stereocenters. The molecule has 1 aromatic heterocycles. The van der Waals surface area contributed by atoms with Gasteiger partial charge in [0.2, 0.25) is 0 Å². The predicted octanol–water partition coefficient (Wildman–Crippen LogP) is 0.582. The molecule has 2 amide bonds. The maximum atomic E-state index is 9.98. The van der Waals surface area contributed by atoms with Crippen LogP contribution >= 0.6 is 0 Å². The van der Waals surface area contributed by atoms with Gasteiger partial charge in [-0.2, -0.15) is 24.6 Å². The van der Waals surface area contributed by atoms with E-state index in [1.165, 1.54) is 6.41 Å². The van der Waals surface area contributed by atoms with Gasteiger partial charge in [0.15, 0.2) is 0 Å². The molecule has 0 aliphatic rings. The minimum atomic E-state index is -0.407. The molecule has 5 heteroatoms. The van der Waals surface area contributed by atoms with E-state index in [0.717, 1.165) is 5.69 Å². The molecule has 15 heavy (non-hydrogen) atoms. The molecular formula is C10H11N2O2W-3. The number of rotatable bonds is 2. The molecule has 0 atom stereocenters. The average Bonchev–Trinajstić information content (AvgIpc) is 2.20. The number of amides is 2. The van der Waals surface area contributed by atoms with E-state index < -0.39 is 5.91 Å². The summed E-state index contributed by atoms with van der Waals surface area (Å²) in [6.07, 6.45) is 3.04. The van der Waals surface area contributed by atoms with Crippen molar-refractivity contribution in [3.8, 4) is 0 Å². The number of pyridine rings is 1. The summed E-state index contributed by atoms with van der Waals surface area (Å²) >= 11 is 0. The first kappa shape index (κ1) is 16.4. The van der Waals surface area contributed by atoms with Crippen LogP contribution in [0.3, 0.4) is 0 Å². The number of nitrogens with one attached hydrogen (secondary N) is 1. The Hall–Kier alpha value is -1.02. The molecule has 1 N–H and O–H groups in total. The summed E-state index contributed by atoms with van der Waals surface area (Å²) in [7, 11) is 0. The molecule has 1 heterocycles. The molecule has 0 bridgehead atoms. The smallest absolute Gasteiger partial charge is 0.0713 e. The van der Waals surface area contributed by atoms with Crippen molar-refractivity contribution in [1.29, 1.82) is 0 Å². The number of hydrogen-bond donors (Lipinski definition) is 1. The van der Waals surface area contributed by atoms with Crippen LogP contribution in [0.25, 0.3) is 0 Å². The first-order chi connectivity index (χ1) is 6.70. The van der Waals surface area contributed by atoms with Crippen LogP contribution in [-0.2, 0) is 30.7 Å². The van der Waals surface area contributed by atoms with Gasteiger partial charge in [0.05, 0.1) is 6.41 Å². The monoisotopic (exact) mass is 375 g/mol. The summed E-state index contributed by atoms with van der Waals surface area (Å²) < 4.78 is 0.